The van der Waals surface area contributed by atoms with E-state index in [1.165, 1.54) is 6.07 Å². The predicted molar refractivity (Wildman–Crippen MR) is 68.1 cm³/mol. The van der Waals surface area contributed by atoms with Crippen molar-refractivity contribution in [2.24, 2.45) is 5.73 Å². The van der Waals surface area contributed by atoms with Crippen LogP contribution in [0.15, 0.2) is 46.9 Å². The van der Waals surface area contributed by atoms with Gasteiger partial charge in [-0.05, 0) is 39.7 Å². The van der Waals surface area contributed by atoms with Gasteiger partial charge in [0.15, 0.2) is 0 Å². The highest BCUT2D eigenvalue weighted by atomic mass is 79.9. The maximum Gasteiger partial charge on any atom is 0.249 e. The largest absolute Gasteiger partial charge is 0.366 e. The van der Waals surface area contributed by atoms with Gasteiger partial charge in [-0.1, -0.05) is 24.3 Å². The summed E-state index contributed by atoms with van der Waals surface area (Å²) >= 11 is 3.25. The van der Waals surface area contributed by atoms with Crippen molar-refractivity contribution in [3.05, 3.63) is 58.3 Å². The first-order chi connectivity index (χ1) is 8.09. The van der Waals surface area contributed by atoms with E-state index in [1.54, 1.807) is 36.4 Å². The zero-order valence-corrected chi connectivity index (χ0v) is 10.4. The summed E-state index contributed by atoms with van der Waals surface area (Å²) in [6.45, 7) is 0. The van der Waals surface area contributed by atoms with Gasteiger partial charge < -0.3 is 5.73 Å². The number of hydrogen-bond donors (Lipinski definition) is 1. The number of nitrogens with two attached hydrogens (primary N) is 1. The Balaban J connectivity index is 2.52. The van der Waals surface area contributed by atoms with Crippen LogP contribution in [0.3, 0.4) is 0 Å². The van der Waals surface area contributed by atoms with Crippen LogP contribution < -0.4 is 5.73 Å². The molecule has 0 bridgehead atoms. The van der Waals surface area contributed by atoms with Crippen molar-refractivity contribution >= 4 is 21.8 Å². The van der Waals surface area contributed by atoms with Crippen molar-refractivity contribution in [1.82, 2.24) is 0 Å². The van der Waals surface area contributed by atoms with Crippen LogP contribution in [0.4, 0.5) is 4.39 Å². The first kappa shape index (κ1) is 11.8. The molecule has 4 heteroatoms. The number of rotatable bonds is 2. The van der Waals surface area contributed by atoms with Crippen molar-refractivity contribution in [2.45, 2.75) is 0 Å². The van der Waals surface area contributed by atoms with Gasteiger partial charge in [0, 0.05) is 10.0 Å². The average Bonchev–Trinajstić information content (AvgIpc) is 2.29. The van der Waals surface area contributed by atoms with Gasteiger partial charge in [0.2, 0.25) is 5.91 Å². The van der Waals surface area contributed by atoms with Crippen molar-refractivity contribution in [3.8, 4) is 11.1 Å². The topological polar surface area (TPSA) is 43.1 Å². The van der Waals surface area contributed by atoms with Gasteiger partial charge in [-0.3, -0.25) is 4.79 Å². The van der Waals surface area contributed by atoms with Crippen LogP contribution in [0.25, 0.3) is 11.1 Å². The van der Waals surface area contributed by atoms with Gasteiger partial charge in [0.1, 0.15) is 5.82 Å². The van der Waals surface area contributed by atoms with Gasteiger partial charge in [-0.15, -0.1) is 0 Å². The molecule has 0 fully saturated rings. The monoisotopic (exact) mass is 293 g/mol. The van der Waals surface area contributed by atoms with E-state index >= 15 is 0 Å². The molecule has 2 rings (SSSR count). The smallest absolute Gasteiger partial charge is 0.249 e. The first-order valence-corrected chi connectivity index (χ1v) is 5.73. The second kappa shape index (κ2) is 4.67. The van der Waals surface area contributed by atoms with Crippen LogP contribution in [0, 0.1) is 5.82 Å². The van der Waals surface area contributed by atoms with Crippen LogP contribution in [-0.2, 0) is 0 Å². The zero-order valence-electron chi connectivity index (χ0n) is 8.78. The van der Waals surface area contributed by atoms with Crippen molar-refractivity contribution in [1.29, 1.82) is 0 Å². The lowest BCUT2D eigenvalue weighted by Crippen LogP contribution is -2.11. The summed E-state index contributed by atoms with van der Waals surface area (Å²) in [5, 5.41) is 0. The van der Waals surface area contributed by atoms with Crippen molar-refractivity contribution in [2.75, 3.05) is 0 Å². The summed E-state index contributed by atoms with van der Waals surface area (Å²) in [7, 11) is 0. The minimum Gasteiger partial charge on any atom is -0.366 e. The standard InChI is InChI=1S/C13H9BrFNO/c14-11-7-8(5-6-10(11)13(16)17)9-3-1-2-4-12(9)15/h1-7H,(H2,16,17). The van der Waals surface area contributed by atoms with Crippen molar-refractivity contribution in [3.63, 3.8) is 0 Å². The zero-order chi connectivity index (χ0) is 12.4. The lowest BCUT2D eigenvalue weighted by Gasteiger charge is -2.06. The summed E-state index contributed by atoms with van der Waals surface area (Å²) in [6, 6.07) is 11.4. The molecule has 0 saturated carbocycles. The lowest BCUT2D eigenvalue weighted by atomic mass is 10.0. The summed E-state index contributed by atoms with van der Waals surface area (Å²) in [5.74, 6) is -0.816. The maximum absolute atomic E-state index is 13.6. The molecule has 0 atom stereocenters. The van der Waals surface area contributed by atoms with Crippen LogP contribution in [0.1, 0.15) is 10.4 Å². The molecule has 0 saturated heterocycles. The molecule has 2 aromatic carbocycles. The van der Waals surface area contributed by atoms with Crippen LogP contribution in [0.5, 0.6) is 0 Å². The molecule has 0 spiro atoms. The Bertz CT molecular complexity index is 583. The summed E-state index contributed by atoms with van der Waals surface area (Å²) in [5.41, 5.74) is 6.75. The average molecular weight is 294 g/mol. The Kier molecular flexibility index (Phi) is 3.24. The first-order valence-electron chi connectivity index (χ1n) is 4.94. The predicted octanol–water partition coefficient (Wildman–Crippen LogP) is 3.35. The van der Waals surface area contributed by atoms with E-state index in [9.17, 15) is 9.18 Å². The summed E-state index contributed by atoms with van der Waals surface area (Å²) in [4.78, 5) is 11.1. The lowest BCUT2D eigenvalue weighted by molar-refractivity contribution is 0.0999. The summed E-state index contributed by atoms with van der Waals surface area (Å²) in [6.07, 6.45) is 0. The number of primary amides is 1. The molecule has 17 heavy (non-hydrogen) atoms. The van der Waals surface area contributed by atoms with Gasteiger partial charge in [-0.25, -0.2) is 4.39 Å². The van der Waals surface area contributed by atoms with Crippen LogP contribution in [-0.4, -0.2) is 5.91 Å². The maximum atomic E-state index is 13.6. The Morgan fingerprint density at radius 1 is 1.18 bits per heavy atom. The molecule has 0 aliphatic carbocycles. The van der Waals surface area contributed by atoms with Crippen molar-refractivity contribution < 1.29 is 9.18 Å². The molecular weight excluding hydrogens is 285 g/mol. The molecule has 0 aliphatic rings. The number of carbonyl (C=O) groups is 1. The third kappa shape index (κ3) is 2.36. The minimum atomic E-state index is -0.517. The Morgan fingerprint density at radius 2 is 1.88 bits per heavy atom. The number of hydrogen-bond acceptors (Lipinski definition) is 1. The normalized spacial score (nSPS) is 10.2. The number of amides is 1. The fourth-order valence-electron chi connectivity index (χ4n) is 1.58. The van der Waals surface area contributed by atoms with Gasteiger partial charge in [0.05, 0.1) is 5.56 Å². The number of benzene rings is 2. The molecule has 1 amide bonds. The van der Waals surface area contributed by atoms with Crippen LogP contribution >= 0.6 is 15.9 Å². The van der Waals surface area contributed by atoms with Crippen LogP contribution in [0.2, 0.25) is 0 Å². The van der Waals surface area contributed by atoms with Gasteiger partial charge in [-0.2, -0.15) is 0 Å². The van der Waals surface area contributed by atoms with E-state index in [-0.39, 0.29) is 5.82 Å². The third-order valence-electron chi connectivity index (χ3n) is 2.42. The van der Waals surface area contributed by atoms with E-state index in [4.69, 9.17) is 5.73 Å². The number of carbonyl (C=O) groups excluding carboxylic acids is 1. The second-order valence-electron chi connectivity index (χ2n) is 3.54. The van der Waals surface area contributed by atoms with E-state index in [0.29, 0.717) is 21.2 Å². The molecule has 86 valence electrons. The Morgan fingerprint density at radius 3 is 2.47 bits per heavy atom. The highest BCUT2D eigenvalue weighted by Crippen LogP contribution is 2.27. The minimum absolute atomic E-state index is 0.300. The molecule has 0 radical (unpaired) electrons. The fraction of sp³-hybridized carbons (Fsp3) is 0. The summed E-state index contributed by atoms with van der Waals surface area (Å²) < 4.78 is 14.1. The molecule has 0 unspecified atom stereocenters. The van der Waals surface area contributed by atoms with E-state index in [1.807, 2.05) is 0 Å². The SMILES string of the molecule is NC(=O)c1ccc(-c2ccccc2F)cc1Br. The Hall–Kier alpha value is -1.68. The van der Waals surface area contributed by atoms with E-state index < -0.39 is 5.91 Å². The molecule has 2 N–H and O–H groups in total. The molecule has 0 aliphatic heterocycles. The molecule has 2 aromatic rings. The molecule has 0 heterocycles. The quantitative estimate of drug-likeness (QED) is 0.906. The van der Waals surface area contributed by atoms with E-state index in [0.717, 1.165) is 0 Å². The molecule has 2 nitrogen and oxygen atoms in total. The van der Waals surface area contributed by atoms with E-state index in [2.05, 4.69) is 15.9 Å². The fourth-order valence-corrected chi connectivity index (χ4v) is 2.15. The second-order valence-corrected chi connectivity index (χ2v) is 4.39. The number of halogens is 2. The molecular formula is C13H9BrFNO. The Labute approximate surface area is 106 Å². The van der Waals surface area contributed by atoms with Gasteiger partial charge in [0.25, 0.3) is 0 Å². The van der Waals surface area contributed by atoms with Gasteiger partial charge >= 0.3 is 0 Å². The molecule has 0 aromatic heterocycles. The third-order valence-corrected chi connectivity index (χ3v) is 3.08. The highest BCUT2D eigenvalue weighted by molar-refractivity contribution is 9.10. The highest BCUT2D eigenvalue weighted by Gasteiger charge is 2.09.